The van der Waals surface area contributed by atoms with Crippen molar-refractivity contribution in [2.24, 2.45) is 0 Å². The Kier molecular flexibility index (Phi) is 7.79. The third-order valence-electron chi connectivity index (χ3n) is 5.34. The molecular weight excluding hydrogens is 380 g/mol. The molecule has 0 aliphatic carbocycles. The van der Waals surface area contributed by atoms with Gasteiger partial charge in [0.15, 0.2) is 11.5 Å². The third-order valence-corrected chi connectivity index (χ3v) is 5.34. The van der Waals surface area contributed by atoms with Gasteiger partial charge in [0, 0.05) is 56.2 Å². The molecule has 1 fully saturated rings. The molecule has 0 aromatic heterocycles. The molecule has 0 saturated carbocycles. The van der Waals surface area contributed by atoms with Gasteiger partial charge in [-0.3, -0.25) is 4.90 Å². The topological polar surface area (TPSA) is 66.1 Å². The summed E-state index contributed by atoms with van der Waals surface area (Å²) in [6, 6.07) is 15.9. The molecule has 0 spiro atoms. The fourth-order valence-corrected chi connectivity index (χ4v) is 3.63. The van der Waals surface area contributed by atoms with Crippen LogP contribution in [0, 0.1) is 0 Å². The van der Waals surface area contributed by atoms with Gasteiger partial charge in [-0.05, 0) is 38.1 Å². The van der Waals surface area contributed by atoms with Crippen LogP contribution in [0.15, 0.2) is 48.5 Å². The minimum absolute atomic E-state index is 0.225. The summed E-state index contributed by atoms with van der Waals surface area (Å²) in [5.41, 5.74) is 1.94. The van der Waals surface area contributed by atoms with Gasteiger partial charge < -0.3 is 25.0 Å². The van der Waals surface area contributed by atoms with Crippen molar-refractivity contribution >= 4 is 17.4 Å². The number of amides is 2. The maximum Gasteiger partial charge on any atom is 0.319 e. The smallest absolute Gasteiger partial charge is 0.319 e. The second-order valence-electron chi connectivity index (χ2n) is 7.34. The molecule has 1 aliphatic rings. The number of para-hydroxylation sites is 1. The molecule has 0 bridgehead atoms. The van der Waals surface area contributed by atoms with Crippen molar-refractivity contribution in [1.82, 2.24) is 10.2 Å². The van der Waals surface area contributed by atoms with Crippen LogP contribution < -0.4 is 25.0 Å². The van der Waals surface area contributed by atoms with Gasteiger partial charge in [0.2, 0.25) is 0 Å². The zero-order chi connectivity index (χ0) is 21.3. The van der Waals surface area contributed by atoms with Crippen LogP contribution in [-0.4, -0.2) is 63.4 Å². The third kappa shape index (κ3) is 5.79. The summed E-state index contributed by atoms with van der Waals surface area (Å²) in [7, 11) is 1.60. The number of urea groups is 1. The Labute approximate surface area is 179 Å². The number of hydrogen-bond acceptors (Lipinski definition) is 5. The Morgan fingerprint density at radius 3 is 2.47 bits per heavy atom. The van der Waals surface area contributed by atoms with Crippen LogP contribution in [0.4, 0.5) is 16.2 Å². The van der Waals surface area contributed by atoms with Gasteiger partial charge >= 0.3 is 6.03 Å². The lowest BCUT2D eigenvalue weighted by Gasteiger charge is -2.39. The second kappa shape index (κ2) is 10.7. The van der Waals surface area contributed by atoms with Crippen LogP contribution in [-0.2, 0) is 0 Å². The maximum absolute atomic E-state index is 12.3. The van der Waals surface area contributed by atoms with Crippen LogP contribution in [0.25, 0.3) is 0 Å². The molecular formula is C23H32N4O3. The number of benzene rings is 2. The van der Waals surface area contributed by atoms with Crippen LogP contribution in [0.3, 0.4) is 0 Å². The van der Waals surface area contributed by atoms with Crippen LogP contribution in [0.5, 0.6) is 11.5 Å². The average Bonchev–Trinajstić information content (AvgIpc) is 2.78. The summed E-state index contributed by atoms with van der Waals surface area (Å²) in [6.45, 7) is 9.13. The highest BCUT2D eigenvalue weighted by Gasteiger charge is 2.21. The van der Waals surface area contributed by atoms with E-state index >= 15 is 0 Å². The Hall–Kier alpha value is -2.93. The van der Waals surface area contributed by atoms with Gasteiger partial charge in [0.1, 0.15) is 0 Å². The van der Waals surface area contributed by atoms with Crippen LogP contribution in [0.1, 0.15) is 13.8 Å². The largest absolute Gasteiger partial charge is 0.493 e. The van der Waals surface area contributed by atoms with Crippen LogP contribution >= 0.6 is 0 Å². The summed E-state index contributed by atoms with van der Waals surface area (Å²) >= 11 is 0. The summed E-state index contributed by atoms with van der Waals surface area (Å²) < 4.78 is 10.8. The normalized spacial score (nSPS) is 15.4. The molecule has 2 aromatic carbocycles. The minimum atomic E-state index is -0.225. The van der Waals surface area contributed by atoms with E-state index in [2.05, 4.69) is 51.6 Å². The van der Waals surface area contributed by atoms with E-state index < -0.39 is 0 Å². The highest BCUT2D eigenvalue weighted by Crippen LogP contribution is 2.30. The maximum atomic E-state index is 12.3. The van der Waals surface area contributed by atoms with E-state index in [0.29, 0.717) is 30.3 Å². The standard InChI is InChI=1S/C23H32N4O3/c1-4-30-22-16-19(10-11-21(22)29-3)25-23(28)24-17-18(2)26-12-14-27(15-13-26)20-8-6-5-7-9-20/h5-11,16,18H,4,12-15,17H2,1-3H3,(H2,24,25,28). The molecule has 3 rings (SSSR count). The highest BCUT2D eigenvalue weighted by molar-refractivity contribution is 5.89. The number of hydrogen-bond donors (Lipinski definition) is 2. The first-order valence-corrected chi connectivity index (χ1v) is 10.5. The van der Waals surface area contributed by atoms with E-state index in [1.54, 1.807) is 25.3 Å². The average molecular weight is 413 g/mol. The minimum Gasteiger partial charge on any atom is -0.493 e. The molecule has 1 saturated heterocycles. The summed E-state index contributed by atoms with van der Waals surface area (Å²) in [6.07, 6.45) is 0. The first-order valence-electron chi connectivity index (χ1n) is 10.5. The molecule has 7 heteroatoms. The molecule has 2 aromatic rings. The number of nitrogens with one attached hydrogen (secondary N) is 2. The number of rotatable bonds is 8. The Bertz CT molecular complexity index is 807. The van der Waals surface area contributed by atoms with Gasteiger partial charge in [0.25, 0.3) is 0 Å². The van der Waals surface area contributed by atoms with E-state index in [-0.39, 0.29) is 12.1 Å². The Balaban J connectivity index is 1.44. The van der Waals surface area contributed by atoms with Gasteiger partial charge in [-0.1, -0.05) is 18.2 Å². The van der Waals surface area contributed by atoms with Crippen molar-refractivity contribution < 1.29 is 14.3 Å². The molecule has 1 aliphatic heterocycles. The first-order chi connectivity index (χ1) is 14.6. The van der Waals surface area contributed by atoms with Gasteiger partial charge in [-0.2, -0.15) is 0 Å². The molecule has 162 valence electrons. The lowest BCUT2D eigenvalue weighted by molar-refractivity contribution is 0.192. The summed E-state index contributed by atoms with van der Waals surface area (Å²) in [5.74, 6) is 1.26. The molecule has 1 heterocycles. The number of carbonyl (C=O) groups excluding carboxylic acids is 1. The predicted molar refractivity (Wildman–Crippen MR) is 121 cm³/mol. The summed E-state index contributed by atoms with van der Waals surface area (Å²) in [5, 5.41) is 5.84. The lowest BCUT2D eigenvalue weighted by atomic mass is 10.2. The van der Waals surface area contributed by atoms with Crippen molar-refractivity contribution in [3.63, 3.8) is 0 Å². The number of anilines is 2. The fourth-order valence-electron chi connectivity index (χ4n) is 3.63. The zero-order valence-electron chi connectivity index (χ0n) is 18.1. The number of piperazine rings is 1. The number of carbonyl (C=O) groups is 1. The van der Waals surface area contributed by atoms with Gasteiger partial charge in [0.05, 0.1) is 13.7 Å². The van der Waals surface area contributed by atoms with Gasteiger partial charge in [-0.15, -0.1) is 0 Å². The van der Waals surface area contributed by atoms with E-state index in [1.807, 2.05) is 13.0 Å². The molecule has 1 unspecified atom stereocenters. The summed E-state index contributed by atoms with van der Waals surface area (Å²) in [4.78, 5) is 17.2. The molecule has 7 nitrogen and oxygen atoms in total. The number of ether oxygens (including phenoxy) is 2. The van der Waals surface area contributed by atoms with E-state index in [4.69, 9.17) is 9.47 Å². The Morgan fingerprint density at radius 2 is 1.80 bits per heavy atom. The van der Waals surface area contributed by atoms with E-state index in [0.717, 1.165) is 26.2 Å². The lowest BCUT2D eigenvalue weighted by Crippen LogP contribution is -2.52. The zero-order valence-corrected chi connectivity index (χ0v) is 18.1. The first kappa shape index (κ1) is 21.8. The molecule has 2 amide bonds. The molecule has 2 N–H and O–H groups in total. The molecule has 1 atom stereocenters. The van der Waals surface area contributed by atoms with Crippen molar-refractivity contribution in [1.29, 1.82) is 0 Å². The van der Waals surface area contributed by atoms with Crippen molar-refractivity contribution in [3.05, 3.63) is 48.5 Å². The van der Waals surface area contributed by atoms with E-state index in [1.165, 1.54) is 5.69 Å². The molecule has 0 radical (unpaired) electrons. The SMILES string of the molecule is CCOc1cc(NC(=O)NCC(C)N2CCN(c3ccccc3)CC2)ccc1OC. The highest BCUT2D eigenvalue weighted by atomic mass is 16.5. The van der Waals surface area contributed by atoms with E-state index in [9.17, 15) is 4.79 Å². The fraction of sp³-hybridized carbons (Fsp3) is 0.435. The van der Waals surface area contributed by atoms with Crippen LogP contribution in [0.2, 0.25) is 0 Å². The number of nitrogens with zero attached hydrogens (tertiary/aromatic N) is 2. The number of methoxy groups -OCH3 is 1. The monoisotopic (exact) mass is 412 g/mol. The van der Waals surface area contributed by atoms with Crippen molar-refractivity contribution in [3.8, 4) is 11.5 Å². The van der Waals surface area contributed by atoms with Gasteiger partial charge in [-0.25, -0.2) is 4.79 Å². The molecule has 30 heavy (non-hydrogen) atoms. The van der Waals surface area contributed by atoms with Crippen molar-refractivity contribution in [2.75, 3.05) is 56.7 Å². The van der Waals surface area contributed by atoms with Crippen molar-refractivity contribution in [2.45, 2.75) is 19.9 Å². The Morgan fingerprint density at radius 1 is 1.07 bits per heavy atom. The predicted octanol–water partition coefficient (Wildman–Crippen LogP) is 3.43. The quantitative estimate of drug-likeness (QED) is 0.695. The second-order valence-corrected chi connectivity index (χ2v) is 7.34.